The smallest absolute Gasteiger partial charge is 0.250 e. The van der Waals surface area contributed by atoms with Gasteiger partial charge in [0.2, 0.25) is 11.8 Å². The third kappa shape index (κ3) is 3.97. The number of nitrogens with one attached hydrogen (secondary N) is 2. The molecule has 0 unspecified atom stereocenters. The van der Waals surface area contributed by atoms with E-state index >= 15 is 0 Å². The molecule has 30 heavy (non-hydrogen) atoms. The second-order valence-corrected chi connectivity index (χ2v) is 8.28. The van der Waals surface area contributed by atoms with E-state index < -0.39 is 0 Å². The number of nitrogens with zero attached hydrogens (tertiary/aromatic N) is 3. The lowest BCUT2D eigenvalue weighted by Crippen LogP contribution is -2.58. The van der Waals surface area contributed by atoms with Crippen molar-refractivity contribution < 1.29 is 18.3 Å². The zero-order valence-electron chi connectivity index (χ0n) is 16.7. The predicted molar refractivity (Wildman–Crippen MR) is 106 cm³/mol. The van der Waals surface area contributed by atoms with Gasteiger partial charge < -0.3 is 19.8 Å². The van der Waals surface area contributed by atoms with Crippen molar-refractivity contribution in [1.82, 2.24) is 25.7 Å². The summed E-state index contributed by atoms with van der Waals surface area (Å²) in [6.45, 7) is 2.94. The van der Waals surface area contributed by atoms with Gasteiger partial charge in [0.25, 0.3) is 5.89 Å². The minimum Gasteiger partial charge on any atom is -0.421 e. The SMILES string of the molecule is O=C1NC[C@@H](Cc2nnc(-c3ccccc3F)o2)N2C[C@@H](NC3CCOCC3)C[C@@H]12. The van der Waals surface area contributed by atoms with Gasteiger partial charge in [-0.3, -0.25) is 9.69 Å². The van der Waals surface area contributed by atoms with Gasteiger partial charge in [0.05, 0.1) is 11.6 Å². The van der Waals surface area contributed by atoms with Crippen molar-refractivity contribution in [1.29, 1.82) is 0 Å². The molecule has 0 aliphatic carbocycles. The predicted octanol–water partition coefficient (Wildman–Crippen LogP) is 1.13. The van der Waals surface area contributed by atoms with Gasteiger partial charge in [-0.05, 0) is 31.4 Å². The van der Waals surface area contributed by atoms with Crippen LogP contribution in [0.2, 0.25) is 0 Å². The third-order valence-corrected chi connectivity index (χ3v) is 6.30. The van der Waals surface area contributed by atoms with Crippen molar-refractivity contribution in [3.8, 4) is 11.5 Å². The molecule has 9 heteroatoms. The van der Waals surface area contributed by atoms with Crippen molar-refractivity contribution in [2.45, 2.75) is 49.9 Å². The van der Waals surface area contributed by atoms with Crippen LogP contribution in [0, 0.1) is 5.82 Å². The topological polar surface area (TPSA) is 92.5 Å². The number of halogens is 1. The van der Waals surface area contributed by atoms with Crippen molar-refractivity contribution in [2.75, 3.05) is 26.3 Å². The number of hydrogen-bond acceptors (Lipinski definition) is 7. The number of aromatic nitrogens is 2. The lowest BCUT2D eigenvalue weighted by Gasteiger charge is -2.36. The summed E-state index contributed by atoms with van der Waals surface area (Å²) in [6, 6.07) is 7.01. The Morgan fingerprint density at radius 1 is 1.20 bits per heavy atom. The highest BCUT2D eigenvalue weighted by Gasteiger charge is 2.44. The van der Waals surface area contributed by atoms with Crippen molar-refractivity contribution in [3.05, 3.63) is 36.0 Å². The maximum absolute atomic E-state index is 14.0. The number of hydrogen-bond donors (Lipinski definition) is 2. The Labute approximate surface area is 174 Å². The summed E-state index contributed by atoms with van der Waals surface area (Å²) in [6.07, 6.45) is 3.33. The lowest BCUT2D eigenvalue weighted by molar-refractivity contribution is -0.129. The number of rotatable bonds is 5. The summed E-state index contributed by atoms with van der Waals surface area (Å²) < 4.78 is 25.2. The highest BCUT2D eigenvalue weighted by atomic mass is 19.1. The number of carbonyl (C=O) groups is 1. The first-order valence-electron chi connectivity index (χ1n) is 10.6. The lowest BCUT2D eigenvalue weighted by atomic mass is 10.0. The Morgan fingerprint density at radius 2 is 2.03 bits per heavy atom. The van der Waals surface area contributed by atoms with Gasteiger partial charge >= 0.3 is 0 Å². The largest absolute Gasteiger partial charge is 0.421 e. The van der Waals surface area contributed by atoms with Crippen LogP contribution >= 0.6 is 0 Å². The fourth-order valence-corrected chi connectivity index (χ4v) is 4.76. The molecule has 0 saturated carbocycles. The molecule has 0 radical (unpaired) electrons. The fourth-order valence-electron chi connectivity index (χ4n) is 4.76. The molecule has 1 amide bonds. The zero-order chi connectivity index (χ0) is 20.5. The van der Waals surface area contributed by atoms with Crippen LogP contribution in [0.5, 0.6) is 0 Å². The molecule has 3 atom stereocenters. The molecule has 160 valence electrons. The number of piperazine rings is 1. The van der Waals surface area contributed by atoms with E-state index in [1.165, 1.54) is 6.07 Å². The van der Waals surface area contributed by atoms with Gasteiger partial charge in [-0.2, -0.15) is 0 Å². The number of amides is 1. The number of carbonyl (C=O) groups excluding carboxylic acids is 1. The van der Waals surface area contributed by atoms with Crippen LogP contribution in [0.15, 0.2) is 28.7 Å². The van der Waals surface area contributed by atoms with Gasteiger partial charge in [0.15, 0.2) is 0 Å². The average molecular weight is 415 g/mol. The normalized spacial score (nSPS) is 27.8. The molecule has 2 N–H and O–H groups in total. The van der Waals surface area contributed by atoms with E-state index in [4.69, 9.17) is 9.15 Å². The van der Waals surface area contributed by atoms with Gasteiger partial charge in [-0.1, -0.05) is 12.1 Å². The molecule has 1 aromatic heterocycles. The molecule has 5 rings (SSSR count). The van der Waals surface area contributed by atoms with Crippen LogP contribution in [-0.4, -0.2) is 71.5 Å². The molecule has 0 spiro atoms. The second-order valence-electron chi connectivity index (χ2n) is 8.28. The van der Waals surface area contributed by atoms with E-state index in [2.05, 4.69) is 25.7 Å². The first-order valence-corrected chi connectivity index (χ1v) is 10.6. The molecule has 3 aliphatic heterocycles. The van der Waals surface area contributed by atoms with Gasteiger partial charge in [-0.25, -0.2) is 4.39 Å². The molecule has 0 bridgehead atoms. The Hall–Kier alpha value is -2.36. The van der Waals surface area contributed by atoms with Gasteiger partial charge in [0.1, 0.15) is 5.82 Å². The second kappa shape index (κ2) is 8.41. The van der Waals surface area contributed by atoms with Crippen LogP contribution < -0.4 is 10.6 Å². The molecule has 8 nitrogen and oxygen atoms in total. The summed E-state index contributed by atoms with van der Waals surface area (Å²) in [5.41, 5.74) is 0.299. The summed E-state index contributed by atoms with van der Waals surface area (Å²) in [7, 11) is 0. The number of benzene rings is 1. The molecular formula is C21H26FN5O3. The van der Waals surface area contributed by atoms with Crippen LogP contribution in [0.3, 0.4) is 0 Å². The van der Waals surface area contributed by atoms with E-state index in [0.717, 1.165) is 39.0 Å². The zero-order valence-corrected chi connectivity index (χ0v) is 16.7. The molecule has 1 aromatic carbocycles. The maximum Gasteiger partial charge on any atom is 0.250 e. The summed E-state index contributed by atoms with van der Waals surface area (Å²) in [5.74, 6) is 0.327. The Kier molecular flexibility index (Phi) is 5.49. The quantitative estimate of drug-likeness (QED) is 0.756. The minimum absolute atomic E-state index is 0.0723. The minimum atomic E-state index is -0.390. The first kappa shape index (κ1) is 19.6. The fraction of sp³-hybridized carbons (Fsp3) is 0.571. The van der Waals surface area contributed by atoms with E-state index in [1.54, 1.807) is 18.2 Å². The van der Waals surface area contributed by atoms with E-state index in [9.17, 15) is 9.18 Å². The molecular weight excluding hydrogens is 389 g/mol. The summed E-state index contributed by atoms with van der Waals surface area (Å²) >= 11 is 0. The van der Waals surface area contributed by atoms with Crippen LogP contribution in [0.25, 0.3) is 11.5 Å². The van der Waals surface area contributed by atoms with E-state index in [-0.39, 0.29) is 35.7 Å². The monoisotopic (exact) mass is 415 g/mol. The highest BCUT2D eigenvalue weighted by Crippen LogP contribution is 2.27. The Morgan fingerprint density at radius 3 is 2.87 bits per heavy atom. The highest BCUT2D eigenvalue weighted by molar-refractivity contribution is 5.83. The molecule has 4 heterocycles. The summed E-state index contributed by atoms with van der Waals surface area (Å²) in [5, 5.41) is 14.9. The maximum atomic E-state index is 14.0. The van der Waals surface area contributed by atoms with Crippen LogP contribution in [0.4, 0.5) is 4.39 Å². The van der Waals surface area contributed by atoms with Crippen molar-refractivity contribution in [3.63, 3.8) is 0 Å². The van der Waals surface area contributed by atoms with Crippen LogP contribution in [0.1, 0.15) is 25.2 Å². The average Bonchev–Trinajstić information content (AvgIpc) is 3.39. The Bertz CT molecular complexity index is 900. The van der Waals surface area contributed by atoms with Gasteiger partial charge in [0, 0.05) is 50.8 Å². The molecule has 3 saturated heterocycles. The summed E-state index contributed by atoms with van der Waals surface area (Å²) in [4.78, 5) is 14.7. The molecule has 3 fully saturated rings. The molecule has 3 aliphatic rings. The third-order valence-electron chi connectivity index (χ3n) is 6.30. The van der Waals surface area contributed by atoms with Crippen molar-refractivity contribution >= 4 is 5.91 Å². The van der Waals surface area contributed by atoms with E-state index in [0.29, 0.717) is 30.5 Å². The Balaban J connectivity index is 1.26. The number of fused-ring (bicyclic) bond motifs is 1. The van der Waals surface area contributed by atoms with Crippen molar-refractivity contribution in [2.24, 2.45) is 0 Å². The van der Waals surface area contributed by atoms with Crippen LogP contribution in [-0.2, 0) is 16.0 Å². The van der Waals surface area contributed by atoms with E-state index in [1.807, 2.05) is 0 Å². The first-order chi connectivity index (χ1) is 14.7. The standard InChI is InChI=1S/C21H26FN5O3/c22-17-4-2-1-3-16(17)21-26-25-19(30-21)10-15-11-23-20(28)18-9-14(12-27(15)18)24-13-5-7-29-8-6-13/h1-4,13-15,18,24H,5-12H2,(H,23,28)/t14-,15+,18-/m0/s1. The van der Waals surface area contributed by atoms with Gasteiger partial charge in [-0.15, -0.1) is 10.2 Å². The number of ether oxygens (including phenoxy) is 1. The molecule has 2 aromatic rings.